The Balaban J connectivity index is 1.96. The summed E-state index contributed by atoms with van der Waals surface area (Å²) in [7, 11) is -0.492. The average molecular weight is 382 g/mol. The van der Waals surface area contributed by atoms with E-state index in [0.717, 1.165) is 17.4 Å². The van der Waals surface area contributed by atoms with Gasteiger partial charge in [0.1, 0.15) is 0 Å². The summed E-state index contributed by atoms with van der Waals surface area (Å²) in [5, 5.41) is 4.83. The van der Waals surface area contributed by atoms with Gasteiger partial charge < -0.3 is 5.32 Å². The summed E-state index contributed by atoms with van der Waals surface area (Å²) in [5.41, 5.74) is 0.579. The van der Waals surface area contributed by atoms with Crippen LogP contribution < -0.4 is 5.32 Å². The molecule has 0 bridgehead atoms. The highest BCUT2D eigenvalue weighted by Crippen LogP contribution is 2.17. The molecule has 0 fully saturated rings. The first-order chi connectivity index (χ1) is 11.8. The minimum atomic E-state index is -3.46. The topological polar surface area (TPSA) is 69.7 Å². The van der Waals surface area contributed by atoms with Gasteiger partial charge in [0.05, 0.1) is 11.4 Å². The Morgan fingerprint density at radius 3 is 2.36 bits per heavy atom. The summed E-state index contributed by atoms with van der Waals surface area (Å²) in [5.74, 6) is -0.123. The van der Waals surface area contributed by atoms with Gasteiger partial charge in [0.15, 0.2) is 0 Å². The lowest BCUT2D eigenvalue weighted by atomic mass is 10.3. The van der Waals surface area contributed by atoms with Gasteiger partial charge in [0, 0.05) is 31.2 Å². The van der Waals surface area contributed by atoms with Crippen molar-refractivity contribution in [2.24, 2.45) is 0 Å². The van der Waals surface area contributed by atoms with Gasteiger partial charge in [-0.05, 0) is 42.3 Å². The third-order valence-electron chi connectivity index (χ3n) is 3.69. The van der Waals surface area contributed by atoms with Crippen LogP contribution in [0.25, 0.3) is 0 Å². The van der Waals surface area contributed by atoms with E-state index >= 15 is 0 Å². The number of thiophene rings is 1. The van der Waals surface area contributed by atoms with Gasteiger partial charge in [-0.3, -0.25) is 9.69 Å². The number of amides is 1. The molecule has 0 spiro atoms. The third kappa shape index (κ3) is 5.37. The van der Waals surface area contributed by atoms with Crippen LogP contribution >= 0.6 is 11.3 Å². The third-order valence-corrected chi connectivity index (χ3v) is 6.38. The van der Waals surface area contributed by atoms with Crippen molar-refractivity contribution in [3.8, 4) is 0 Å². The quantitative estimate of drug-likeness (QED) is 0.763. The smallest absolute Gasteiger partial charge is 0.242 e. The maximum atomic E-state index is 12.2. The Bertz CT molecular complexity index is 785. The van der Waals surface area contributed by atoms with E-state index in [-0.39, 0.29) is 17.3 Å². The second-order valence-electron chi connectivity index (χ2n) is 5.74. The molecule has 0 aliphatic carbocycles. The highest BCUT2D eigenvalue weighted by atomic mass is 32.2. The van der Waals surface area contributed by atoms with Crippen molar-refractivity contribution in [3.63, 3.8) is 0 Å². The van der Waals surface area contributed by atoms with Crippen LogP contribution in [-0.4, -0.2) is 50.7 Å². The van der Waals surface area contributed by atoms with E-state index in [4.69, 9.17) is 0 Å². The Morgan fingerprint density at radius 2 is 1.84 bits per heavy atom. The lowest BCUT2D eigenvalue weighted by Gasteiger charge is -2.19. The Labute approximate surface area is 153 Å². The standard InChI is InChI=1S/C17H23N3O3S2/c1-4-20(12-15-6-5-11-24-15)13-17(21)18-14-7-9-16(10-8-14)25(22,23)19(2)3/h5-11H,4,12-13H2,1-3H3,(H,18,21). The first kappa shape index (κ1) is 19.6. The van der Waals surface area contributed by atoms with Crippen LogP contribution in [0, 0.1) is 0 Å². The van der Waals surface area contributed by atoms with Crippen LogP contribution in [0.3, 0.4) is 0 Å². The number of sulfonamides is 1. The number of hydrogen-bond donors (Lipinski definition) is 1. The van der Waals surface area contributed by atoms with Crippen LogP contribution in [-0.2, 0) is 21.4 Å². The van der Waals surface area contributed by atoms with Gasteiger partial charge in [-0.15, -0.1) is 11.3 Å². The molecule has 0 unspecified atom stereocenters. The highest BCUT2D eigenvalue weighted by Gasteiger charge is 2.17. The van der Waals surface area contributed by atoms with Crippen molar-refractivity contribution in [2.45, 2.75) is 18.4 Å². The van der Waals surface area contributed by atoms with Crippen LogP contribution in [0.5, 0.6) is 0 Å². The van der Waals surface area contributed by atoms with Crippen molar-refractivity contribution >= 4 is 33.0 Å². The van der Waals surface area contributed by atoms with Crippen molar-refractivity contribution in [2.75, 3.05) is 32.5 Å². The molecule has 1 aromatic heterocycles. The largest absolute Gasteiger partial charge is 0.325 e. The number of rotatable bonds is 8. The lowest BCUT2D eigenvalue weighted by molar-refractivity contribution is -0.117. The van der Waals surface area contributed by atoms with E-state index < -0.39 is 10.0 Å². The zero-order valence-electron chi connectivity index (χ0n) is 14.6. The predicted molar refractivity (Wildman–Crippen MR) is 101 cm³/mol. The Morgan fingerprint density at radius 1 is 1.16 bits per heavy atom. The summed E-state index contributed by atoms with van der Waals surface area (Å²) in [6, 6.07) is 10.2. The molecule has 0 atom stereocenters. The van der Waals surface area contributed by atoms with Gasteiger partial charge in [-0.25, -0.2) is 12.7 Å². The maximum Gasteiger partial charge on any atom is 0.242 e. The number of hydrogen-bond acceptors (Lipinski definition) is 5. The molecule has 1 aromatic carbocycles. The summed E-state index contributed by atoms with van der Waals surface area (Å²) < 4.78 is 25.2. The molecule has 1 N–H and O–H groups in total. The van der Waals surface area contributed by atoms with Crippen molar-refractivity contribution in [3.05, 3.63) is 46.7 Å². The molecule has 0 saturated heterocycles. The molecular weight excluding hydrogens is 358 g/mol. The van der Waals surface area contributed by atoms with Gasteiger partial charge >= 0.3 is 0 Å². The maximum absolute atomic E-state index is 12.2. The molecule has 1 heterocycles. The molecule has 1 amide bonds. The van der Waals surface area contributed by atoms with E-state index in [1.165, 1.54) is 31.1 Å². The van der Waals surface area contributed by atoms with Crippen molar-refractivity contribution in [1.82, 2.24) is 9.21 Å². The van der Waals surface area contributed by atoms with Gasteiger partial charge in [0.2, 0.25) is 15.9 Å². The van der Waals surface area contributed by atoms with Gasteiger partial charge in [-0.1, -0.05) is 13.0 Å². The fraction of sp³-hybridized carbons (Fsp3) is 0.353. The second kappa shape index (κ2) is 8.57. The van der Waals surface area contributed by atoms with Crippen molar-refractivity contribution < 1.29 is 13.2 Å². The van der Waals surface area contributed by atoms with Crippen LogP contribution in [0.15, 0.2) is 46.7 Å². The minimum Gasteiger partial charge on any atom is -0.325 e. The van der Waals surface area contributed by atoms with Crippen molar-refractivity contribution in [1.29, 1.82) is 0 Å². The SMILES string of the molecule is CCN(CC(=O)Nc1ccc(S(=O)(=O)N(C)C)cc1)Cc1cccs1. The number of anilines is 1. The second-order valence-corrected chi connectivity index (χ2v) is 8.93. The minimum absolute atomic E-state index is 0.123. The van der Waals surface area contributed by atoms with E-state index in [1.807, 2.05) is 23.3 Å². The fourth-order valence-electron chi connectivity index (χ4n) is 2.23. The van der Waals surface area contributed by atoms with E-state index in [0.29, 0.717) is 5.69 Å². The number of nitrogens with zero attached hydrogens (tertiary/aromatic N) is 2. The van der Waals surface area contributed by atoms with Crippen LogP contribution in [0.1, 0.15) is 11.8 Å². The zero-order chi connectivity index (χ0) is 18.4. The molecule has 0 aliphatic heterocycles. The molecule has 2 rings (SSSR count). The van der Waals surface area contributed by atoms with Gasteiger partial charge in [0.25, 0.3) is 0 Å². The van der Waals surface area contributed by atoms with Crippen LogP contribution in [0.4, 0.5) is 5.69 Å². The number of nitrogens with one attached hydrogen (secondary N) is 1. The van der Waals surface area contributed by atoms with Crippen LogP contribution in [0.2, 0.25) is 0 Å². The highest BCUT2D eigenvalue weighted by molar-refractivity contribution is 7.89. The predicted octanol–water partition coefficient (Wildman–Crippen LogP) is 2.46. The Kier molecular flexibility index (Phi) is 6.71. The molecule has 2 aromatic rings. The molecule has 8 heteroatoms. The number of benzene rings is 1. The fourth-order valence-corrected chi connectivity index (χ4v) is 3.87. The average Bonchev–Trinajstić information content (AvgIpc) is 3.07. The molecule has 0 aliphatic rings. The number of likely N-dealkylation sites (N-methyl/N-ethyl adjacent to an activating group) is 1. The van der Waals surface area contributed by atoms with E-state index in [2.05, 4.69) is 11.4 Å². The lowest BCUT2D eigenvalue weighted by Crippen LogP contribution is -2.32. The first-order valence-electron chi connectivity index (χ1n) is 7.90. The monoisotopic (exact) mass is 381 g/mol. The molecule has 0 radical (unpaired) electrons. The number of carbonyl (C=O) groups excluding carboxylic acids is 1. The Hall–Kier alpha value is -1.74. The molecular formula is C17H23N3O3S2. The summed E-state index contributed by atoms with van der Waals surface area (Å²) in [6.45, 7) is 3.81. The zero-order valence-corrected chi connectivity index (χ0v) is 16.2. The molecule has 136 valence electrons. The molecule has 25 heavy (non-hydrogen) atoms. The first-order valence-corrected chi connectivity index (χ1v) is 10.2. The summed E-state index contributed by atoms with van der Waals surface area (Å²) >= 11 is 1.67. The number of carbonyl (C=O) groups is 1. The molecule has 6 nitrogen and oxygen atoms in total. The summed E-state index contributed by atoms with van der Waals surface area (Å²) in [4.78, 5) is 15.7. The summed E-state index contributed by atoms with van der Waals surface area (Å²) in [6.07, 6.45) is 0. The van der Waals surface area contributed by atoms with E-state index in [1.54, 1.807) is 23.5 Å². The molecule has 0 saturated carbocycles. The van der Waals surface area contributed by atoms with E-state index in [9.17, 15) is 13.2 Å². The van der Waals surface area contributed by atoms with Gasteiger partial charge in [-0.2, -0.15) is 0 Å². The normalized spacial score (nSPS) is 11.9.